The second kappa shape index (κ2) is 5.78. The lowest BCUT2D eigenvalue weighted by Gasteiger charge is -2.23. The van der Waals surface area contributed by atoms with Gasteiger partial charge in [0.2, 0.25) is 0 Å². The zero-order chi connectivity index (χ0) is 11.4. The van der Waals surface area contributed by atoms with Crippen LogP contribution in [0.3, 0.4) is 0 Å². The Labute approximate surface area is 105 Å². The van der Waals surface area contributed by atoms with E-state index in [-0.39, 0.29) is 5.82 Å². The molecule has 88 valence electrons. The minimum atomic E-state index is -0.127. The first-order chi connectivity index (χ1) is 7.77. The van der Waals surface area contributed by atoms with Gasteiger partial charge in [-0.15, -0.1) is 0 Å². The quantitative estimate of drug-likeness (QED) is 0.885. The normalized spacial score (nSPS) is 17.6. The summed E-state index contributed by atoms with van der Waals surface area (Å²) in [4.78, 5) is 0. The van der Waals surface area contributed by atoms with Crippen molar-refractivity contribution in [3.05, 3.63) is 34.1 Å². The molecule has 1 N–H and O–H groups in total. The lowest BCUT2D eigenvalue weighted by Crippen LogP contribution is -2.30. The monoisotopic (exact) mass is 285 g/mol. The van der Waals surface area contributed by atoms with Gasteiger partial charge in [-0.1, -0.05) is 41.3 Å². The molecule has 0 heterocycles. The molecule has 0 atom stereocenters. The summed E-state index contributed by atoms with van der Waals surface area (Å²) >= 11 is 3.39. The van der Waals surface area contributed by atoms with Crippen LogP contribution < -0.4 is 5.32 Å². The Kier molecular flexibility index (Phi) is 4.36. The summed E-state index contributed by atoms with van der Waals surface area (Å²) < 4.78 is 14.4. The van der Waals surface area contributed by atoms with E-state index >= 15 is 0 Å². The zero-order valence-corrected chi connectivity index (χ0v) is 10.9. The molecule has 0 bridgehead atoms. The van der Waals surface area contributed by atoms with Crippen LogP contribution in [0.5, 0.6) is 0 Å². The van der Waals surface area contributed by atoms with Crippen molar-refractivity contribution in [1.29, 1.82) is 0 Å². The third-order valence-electron chi connectivity index (χ3n) is 3.23. The Bertz CT molecular complexity index is 328. The lowest BCUT2D eigenvalue weighted by atomic mass is 9.95. The summed E-state index contributed by atoms with van der Waals surface area (Å²) in [5, 5.41) is 3.45. The second-order valence-corrected chi connectivity index (χ2v) is 5.27. The first kappa shape index (κ1) is 12.1. The molecule has 0 amide bonds. The second-order valence-electron chi connectivity index (χ2n) is 4.42. The first-order valence-electron chi connectivity index (χ1n) is 5.93. The minimum absolute atomic E-state index is 0.127. The molecule has 1 aromatic carbocycles. The maximum atomic E-state index is 13.5. The Morgan fingerprint density at radius 3 is 2.69 bits per heavy atom. The van der Waals surface area contributed by atoms with Crippen LogP contribution in [0.2, 0.25) is 0 Å². The van der Waals surface area contributed by atoms with Crippen LogP contribution in [0.15, 0.2) is 22.7 Å². The van der Waals surface area contributed by atoms with Crippen molar-refractivity contribution in [1.82, 2.24) is 5.32 Å². The highest BCUT2D eigenvalue weighted by molar-refractivity contribution is 9.10. The molecule has 0 spiro atoms. The molecule has 1 fully saturated rings. The van der Waals surface area contributed by atoms with E-state index in [1.165, 1.54) is 38.2 Å². The van der Waals surface area contributed by atoms with E-state index in [0.717, 1.165) is 10.0 Å². The van der Waals surface area contributed by atoms with Crippen LogP contribution in [0.4, 0.5) is 4.39 Å². The smallest absolute Gasteiger partial charge is 0.128 e. The molecule has 0 unspecified atom stereocenters. The molecule has 2 rings (SSSR count). The molecule has 16 heavy (non-hydrogen) atoms. The van der Waals surface area contributed by atoms with Crippen molar-refractivity contribution in [3.63, 3.8) is 0 Å². The highest BCUT2D eigenvalue weighted by Crippen LogP contribution is 2.21. The third-order valence-corrected chi connectivity index (χ3v) is 3.98. The molecular weight excluding hydrogens is 269 g/mol. The van der Waals surface area contributed by atoms with E-state index in [2.05, 4.69) is 21.2 Å². The van der Waals surface area contributed by atoms with Gasteiger partial charge in [0.1, 0.15) is 5.82 Å². The number of nitrogens with one attached hydrogen (secondary N) is 1. The molecule has 1 aliphatic carbocycles. The fourth-order valence-electron chi connectivity index (χ4n) is 2.25. The molecule has 0 saturated heterocycles. The number of benzene rings is 1. The van der Waals surface area contributed by atoms with Gasteiger partial charge in [-0.05, 0) is 25.0 Å². The maximum absolute atomic E-state index is 13.5. The van der Waals surface area contributed by atoms with E-state index in [9.17, 15) is 4.39 Å². The summed E-state index contributed by atoms with van der Waals surface area (Å²) in [5.74, 6) is -0.127. The van der Waals surface area contributed by atoms with Gasteiger partial charge in [0.25, 0.3) is 0 Å². The Morgan fingerprint density at radius 1 is 1.25 bits per heavy atom. The lowest BCUT2D eigenvalue weighted by molar-refractivity contribution is 0.370. The highest BCUT2D eigenvalue weighted by atomic mass is 79.9. The average Bonchev–Trinajstić information content (AvgIpc) is 2.30. The summed E-state index contributed by atoms with van der Waals surface area (Å²) in [5.41, 5.74) is 0.744. The number of halogens is 2. The van der Waals surface area contributed by atoms with Crippen molar-refractivity contribution in [2.45, 2.75) is 44.7 Å². The SMILES string of the molecule is Fc1cccc(Br)c1CNC1CCCCC1. The maximum Gasteiger partial charge on any atom is 0.128 e. The molecule has 0 aromatic heterocycles. The number of hydrogen-bond acceptors (Lipinski definition) is 1. The summed E-state index contributed by atoms with van der Waals surface area (Å²) in [6.45, 7) is 0.623. The predicted molar refractivity (Wildman–Crippen MR) is 67.8 cm³/mol. The summed E-state index contributed by atoms with van der Waals surface area (Å²) in [6, 6.07) is 5.70. The van der Waals surface area contributed by atoms with Crippen molar-refractivity contribution in [2.75, 3.05) is 0 Å². The van der Waals surface area contributed by atoms with E-state index in [4.69, 9.17) is 0 Å². The predicted octanol–water partition coefficient (Wildman–Crippen LogP) is 4.01. The molecule has 1 aliphatic rings. The number of hydrogen-bond donors (Lipinski definition) is 1. The fourth-order valence-corrected chi connectivity index (χ4v) is 2.74. The van der Waals surface area contributed by atoms with Gasteiger partial charge >= 0.3 is 0 Å². The van der Waals surface area contributed by atoms with E-state index in [1.807, 2.05) is 6.07 Å². The summed E-state index contributed by atoms with van der Waals surface area (Å²) in [7, 11) is 0. The van der Waals surface area contributed by atoms with Crippen LogP contribution in [0, 0.1) is 5.82 Å². The topological polar surface area (TPSA) is 12.0 Å². The Balaban J connectivity index is 1.93. The molecule has 1 nitrogen and oxygen atoms in total. The molecule has 3 heteroatoms. The van der Waals surface area contributed by atoms with Gasteiger partial charge in [0.15, 0.2) is 0 Å². The van der Waals surface area contributed by atoms with Crippen LogP contribution in [0.1, 0.15) is 37.7 Å². The molecule has 1 saturated carbocycles. The third kappa shape index (κ3) is 3.05. The van der Waals surface area contributed by atoms with Crippen molar-refractivity contribution in [2.24, 2.45) is 0 Å². The average molecular weight is 286 g/mol. The largest absolute Gasteiger partial charge is 0.310 e. The van der Waals surface area contributed by atoms with Crippen molar-refractivity contribution in [3.8, 4) is 0 Å². The number of rotatable bonds is 3. The van der Waals surface area contributed by atoms with Gasteiger partial charge in [-0.3, -0.25) is 0 Å². The molecule has 0 radical (unpaired) electrons. The van der Waals surface area contributed by atoms with Crippen molar-refractivity contribution >= 4 is 15.9 Å². The van der Waals surface area contributed by atoms with Gasteiger partial charge in [0.05, 0.1) is 0 Å². The fraction of sp³-hybridized carbons (Fsp3) is 0.538. The van der Waals surface area contributed by atoms with Gasteiger partial charge in [-0.25, -0.2) is 4.39 Å². The van der Waals surface area contributed by atoms with Gasteiger partial charge < -0.3 is 5.32 Å². The molecular formula is C13H17BrFN. The Hall–Kier alpha value is -0.410. The van der Waals surface area contributed by atoms with Crippen molar-refractivity contribution < 1.29 is 4.39 Å². The molecule has 0 aliphatic heterocycles. The van der Waals surface area contributed by atoms with Crippen LogP contribution in [-0.2, 0) is 6.54 Å². The van der Waals surface area contributed by atoms with Gasteiger partial charge in [0, 0.05) is 22.6 Å². The van der Waals surface area contributed by atoms with Crippen LogP contribution >= 0.6 is 15.9 Å². The zero-order valence-electron chi connectivity index (χ0n) is 9.31. The van der Waals surface area contributed by atoms with Gasteiger partial charge in [-0.2, -0.15) is 0 Å². The summed E-state index contributed by atoms with van der Waals surface area (Å²) in [6.07, 6.45) is 6.41. The standard InChI is InChI=1S/C13H17BrFN/c14-12-7-4-8-13(15)11(12)9-16-10-5-2-1-3-6-10/h4,7-8,10,16H,1-3,5-6,9H2. The molecule has 1 aromatic rings. The van der Waals surface area contributed by atoms with E-state index in [0.29, 0.717) is 12.6 Å². The van der Waals surface area contributed by atoms with E-state index in [1.54, 1.807) is 6.07 Å². The highest BCUT2D eigenvalue weighted by Gasteiger charge is 2.14. The minimum Gasteiger partial charge on any atom is -0.310 e. The van der Waals surface area contributed by atoms with Crippen LogP contribution in [0.25, 0.3) is 0 Å². The van der Waals surface area contributed by atoms with Crippen LogP contribution in [-0.4, -0.2) is 6.04 Å². The Morgan fingerprint density at radius 2 is 2.00 bits per heavy atom. The first-order valence-corrected chi connectivity index (χ1v) is 6.73. The van der Waals surface area contributed by atoms with E-state index < -0.39 is 0 Å².